The molecule has 0 atom stereocenters. The highest BCUT2D eigenvalue weighted by molar-refractivity contribution is 8.26. The van der Waals surface area contributed by atoms with Crippen LogP contribution in [0.4, 0.5) is 5.13 Å². The van der Waals surface area contributed by atoms with Gasteiger partial charge in [0, 0.05) is 19.0 Å². The van der Waals surface area contributed by atoms with E-state index in [0.29, 0.717) is 32.1 Å². The van der Waals surface area contributed by atoms with Crippen LogP contribution >= 0.6 is 58.4 Å². The maximum atomic E-state index is 13.3. The van der Waals surface area contributed by atoms with Crippen LogP contribution in [0.5, 0.6) is 0 Å². The topological polar surface area (TPSA) is 88.1 Å². The molecule has 4 aromatic rings. The third kappa shape index (κ3) is 5.46. The van der Waals surface area contributed by atoms with E-state index >= 15 is 0 Å². The molecule has 7 nitrogen and oxygen atoms in total. The Labute approximate surface area is 223 Å². The second kappa shape index (κ2) is 10.5. The highest BCUT2D eigenvalue weighted by Gasteiger charge is 2.34. The highest BCUT2D eigenvalue weighted by Crippen LogP contribution is 2.35. The standard InChI is InChI=1S/C23H17N5O2S5/c1-28-20(30)18(35-23(28)31)14(11-13-7-3-2-4-8-13)19(29)25-21-27-26-17(34-21)12-32-22-24-15-9-5-6-10-16(15)33-22/h2-10H,11-12H2,1H3,(H,25,27,29)/b18-14+. The summed E-state index contributed by atoms with van der Waals surface area (Å²) in [6, 6.07) is 17.6. The molecule has 0 spiro atoms. The van der Waals surface area contributed by atoms with Crippen molar-refractivity contribution in [2.45, 2.75) is 16.5 Å². The zero-order valence-electron chi connectivity index (χ0n) is 18.3. The van der Waals surface area contributed by atoms with E-state index < -0.39 is 0 Å². The zero-order valence-corrected chi connectivity index (χ0v) is 22.3. The largest absolute Gasteiger partial charge is 0.297 e. The van der Waals surface area contributed by atoms with Crippen molar-refractivity contribution in [3.8, 4) is 0 Å². The molecular formula is C23H17N5O2S5. The Morgan fingerprint density at radius 3 is 2.60 bits per heavy atom. The molecule has 2 amide bonds. The summed E-state index contributed by atoms with van der Waals surface area (Å²) >= 11 is 10.9. The Morgan fingerprint density at radius 1 is 1.09 bits per heavy atom. The van der Waals surface area contributed by atoms with Gasteiger partial charge in [-0.05, 0) is 17.7 Å². The molecule has 12 heteroatoms. The molecule has 5 rings (SSSR count). The van der Waals surface area contributed by atoms with E-state index in [9.17, 15) is 9.59 Å². The number of fused-ring (bicyclic) bond motifs is 1. The summed E-state index contributed by atoms with van der Waals surface area (Å²) < 4.78 is 2.52. The first-order valence-corrected chi connectivity index (χ1v) is 14.2. The predicted molar refractivity (Wildman–Crippen MR) is 148 cm³/mol. The van der Waals surface area contributed by atoms with Crippen molar-refractivity contribution in [1.29, 1.82) is 0 Å². The molecule has 1 aliphatic heterocycles. The first-order chi connectivity index (χ1) is 17.0. The maximum Gasteiger partial charge on any atom is 0.266 e. The summed E-state index contributed by atoms with van der Waals surface area (Å²) in [6.07, 6.45) is 0.302. The van der Waals surface area contributed by atoms with Gasteiger partial charge in [-0.1, -0.05) is 89.5 Å². The van der Waals surface area contributed by atoms with Crippen molar-refractivity contribution >= 4 is 89.9 Å². The van der Waals surface area contributed by atoms with Crippen LogP contribution < -0.4 is 5.32 Å². The molecular weight excluding hydrogens is 539 g/mol. The van der Waals surface area contributed by atoms with Gasteiger partial charge in [0.1, 0.15) is 9.33 Å². The molecule has 0 bridgehead atoms. The average Bonchev–Trinajstić information content (AvgIpc) is 3.56. The van der Waals surface area contributed by atoms with Gasteiger partial charge < -0.3 is 0 Å². The smallest absolute Gasteiger partial charge is 0.266 e. The van der Waals surface area contributed by atoms with Gasteiger partial charge >= 0.3 is 0 Å². The fourth-order valence-electron chi connectivity index (χ4n) is 3.26. The lowest BCUT2D eigenvalue weighted by atomic mass is 10.0. The number of amides is 2. The summed E-state index contributed by atoms with van der Waals surface area (Å²) in [6.45, 7) is 0. The van der Waals surface area contributed by atoms with Gasteiger partial charge in [-0.3, -0.25) is 19.8 Å². The zero-order chi connectivity index (χ0) is 24.4. The fraction of sp³-hybridized carbons (Fsp3) is 0.130. The number of aromatic nitrogens is 3. The Hall–Kier alpha value is -2.64. The van der Waals surface area contributed by atoms with E-state index in [1.54, 1.807) is 30.1 Å². The SMILES string of the molecule is CN1C(=O)/C(=C(/Cc2ccccc2)C(=O)Nc2nnc(CSc3nc4ccccc4s3)s2)SC1=S. The highest BCUT2D eigenvalue weighted by atomic mass is 32.2. The van der Waals surface area contributed by atoms with Gasteiger partial charge in [-0.2, -0.15) is 0 Å². The van der Waals surface area contributed by atoms with E-state index in [0.717, 1.165) is 36.9 Å². The number of para-hydroxylation sites is 1. The molecule has 0 unspecified atom stereocenters. The molecule has 0 aliphatic carbocycles. The first kappa shape index (κ1) is 24.1. The van der Waals surface area contributed by atoms with Crippen LogP contribution in [0.15, 0.2) is 69.4 Å². The Bertz CT molecular complexity index is 1430. The number of hydrogen-bond acceptors (Lipinski definition) is 10. The summed E-state index contributed by atoms with van der Waals surface area (Å²) in [4.78, 5) is 32.4. The summed E-state index contributed by atoms with van der Waals surface area (Å²) in [7, 11) is 1.61. The van der Waals surface area contributed by atoms with Crippen molar-refractivity contribution in [3.05, 3.63) is 75.6 Å². The van der Waals surface area contributed by atoms with E-state index in [2.05, 4.69) is 26.6 Å². The van der Waals surface area contributed by atoms with Gasteiger partial charge in [-0.15, -0.1) is 21.5 Å². The van der Waals surface area contributed by atoms with Crippen molar-refractivity contribution in [2.75, 3.05) is 12.4 Å². The lowest BCUT2D eigenvalue weighted by molar-refractivity contribution is -0.122. The number of thioether (sulfide) groups is 2. The summed E-state index contributed by atoms with van der Waals surface area (Å²) in [5.74, 6) is -0.0609. The number of likely N-dealkylation sites (N-methyl/N-ethyl adjacent to an activating group) is 1. The third-order valence-corrected chi connectivity index (χ3v) is 9.82. The van der Waals surface area contributed by atoms with Gasteiger partial charge in [0.05, 0.1) is 20.9 Å². The van der Waals surface area contributed by atoms with Crippen LogP contribution in [0.3, 0.4) is 0 Å². The monoisotopic (exact) mass is 555 g/mol. The van der Waals surface area contributed by atoms with Crippen LogP contribution in [-0.4, -0.2) is 43.3 Å². The van der Waals surface area contributed by atoms with E-state index in [-0.39, 0.29) is 11.8 Å². The van der Waals surface area contributed by atoms with E-state index in [4.69, 9.17) is 12.2 Å². The minimum absolute atomic E-state index is 0.272. The van der Waals surface area contributed by atoms with Gasteiger partial charge in [0.25, 0.3) is 11.8 Å². The number of thiazole rings is 1. The number of anilines is 1. The van der Waals surface area contributed by atoms with Crippen molar-refractivity contribution in [1.82, 2.24) is 20.1 Å². The van der Waals surface area contributed by atoms with Gasteiger partial charge in [0.15, 0.2) is 4.34 Å². The quantitative estimate of drug-likeness (QED) is 0.185. The minimum atomic E-state index is -0.385. The maximum absolute atomic E-state index is 13.3. The van der Waals surface area contributed by atoms with Crippen LogP contribution in [0.25, 0.3) is 10.2 Å². The summed E-state index contributed by atoms with van der Waals surface area (Å²) in [5, 5.41) is 12.3. The van der Waals surface area contributed by atoms with Gasteiger partial charge in [0.2, 0.25) is 5.13 Å². The molecule has 1 aliphatic rings. The minimum Gasteiger partial charge on any atom is -0.297 e. The average molecular weight is 556 g/mol. The predicted octanol–water partition coefficient (Wildman–Crippen LogP) is 5.37. The van der Waals surface area contributed by atoms with E-state index in [1.807, 2.05) is 48.5 Å². The first-order valence-electron chi connectivity index (χ1n) is 10.4. The van der Waals surface area contributed by atoms with E-state index in [1.165, 1.54) is 16.2 Å². The van der Waals surface area contributed by atoms with Crippen LogP contribution in [0.2, 0.25) is 0 Å². The molecule has 0 radical (unpaired) electrons. The number of nitrogens with one attached hydrogen (secondary N) is 1. The molecule has 176 valence electrons. The molecule has 1 N–H and O–H groups in total. The Balaban J connectivity index is 1.31. The molecule has 0 saturated carbocycles. The number of carbonyl (C=O) groups is 2. The van der Waals surface area contributed by atoms with Gasteiger partial charge in [-0.25, -0.2) is 4.98 Å². The Morgan fingerprint density at radius 2 is 1.86 bits per heavy atom. The van der Waals surface area contributed by atoms with Crippen molar-refractivity contribution in [3.63, 3.8) is 0 Å². The fourth-order valence-corrected chi connectivity index (χ4v) is 7.29. The van der Waals surface area contributed by atoms with Crippen LogP contribution in [0, 0.1) is 0 Å². The molecule has 1 fully saturated rings. The van der Waals surface area contributed by atoms with Crippen LogP contribution in [-0.2, 0) is 21.8 Å². The third-order valence-electron chi connectivity index (χ3n) is 5.01. The van der Waals surface area contributed by atoms with Crippen LogP contribution in [0.1, 0.15) is 10.6 Å². The molecule has 1 saturated heterocycles. The number of nitrogens with zero attached hydrogens (tertiary/aromatic N) is 4. The number of benzene rings is 2. The van der Waals surface area contributed by atoms with Crippen molar-refractivity contribution < 1.29 is 9.59 Å². The summed E-state index contributed by atoms with van der Waals surface area (Å²) in [5.41, 5.74) is 2.26. The second-order valence-electron chi connectivity index (χ2n) is 7.39. The normalized spacial score (nSPS) is 15.2. The number of hydrogen-bond donors (Lipinski definition) is 1. The molecule has 2 aromatic carbocycles. The number of thiocarbonyl (C=S) groups is 1. The molecule has 3 heterocycles. The molecule has 2 aromatic heterocycles. The Kier molecular flexibility index (Phi) is 7.25. The number of carbonyl (C=O) groups excluding carboxylic acids is 2. The lowest BCUT2D eigenvalue weighted by Crippen LogP contribution is -2.25. The second-order valence-corrected chi connectivity index (χ2v) is 12.4. The lowest BCUT2D eigenvalue weighted by Gasteiger charge is -2.10. The number of rotatable bonds is 7. The molecule has 35 heavy (non-hydrogen) atoms. The van der Waals surface area contributed by atoms with Crippen molar-refractivity contribution in [2.24, 2.45) is 0 Å².